The summed E-state index contributed by atoms with van der Waals surface area (Å²) in [6.45, 7) is 1.94. The van der Waals surface area contributed by atoms with Crippen LogP contribution in [0.4, 0.5) is 10.8 Å². The third-order valence-electron chi connectivity index (χ3n) is 3.94. The SMILES string of the molecule is CCc1nnc(NC(=O)c2ccccc2-n2cc(C#N)c(N)c2C(=O)OC)s1. The molecule has 0 aliphatic heterocycles. The summed E-state index contributed by atoms with van der Waals surface area (Å²) in [5.41, 5.74) is 6.64. The lowest BCUT2D eigenvalue weighted by molar-refractivity contribution is 0.0592. The number of hydrogen-bond acceptors (Lipinski definition) is 8. The Morgan fingerprint density at radius 2 is 2.11 bits per heavy atom. The number of ether oxygens (including phenoxy) is 1. The van der Waals surface area contributed by atoms with E-state index in [1.807, 2.05) is 13.0 Å². The minimum absolute atomic E-state index is 0.0127. The minimum atomic E-state index is -0.717. The molecule has 0 unspecified atom stereocenters. The number of esters is 1. The van der Waals surface area contributed by atoms with Gasteiger partial charge in [0, 0.05) is 6.20 Å². The number of nitrogen functional groups attached to an aromatic ring is 1. The number of aromatic nitrogens is 3. The van der Waals surface area contributed by atoms with E-state index in [1.165, 1.54) is 29.2 Å². The molecule has 2 aromatic heterocycles. The van der Waals surface area contributed by atoms with Crippen LogP contribution in [0.5, 0.6) is 0 Å². The fourth-order valence-electron chi connectivity index (χ4n) is 2.59. The fraction of sp³-hybridized carbons (Fsp3) is 0.167. The number of rotatable bonds is 5. The number of anilines is 2. The van der Waals surface area contributed by atoms with Crippen LogP contribution in [0.1, 0.15) is 38.3 Å². The summed E-state index contributed by atoms with van der Waals surface area (Å²) in [7, 11) is 1.21. The third-order valence-corrected chi connectivity index (χ3v) is 4.92. The molecule has 1 amide bonds. The van der Waals surface area contributed by atoms with Gasteiger partial charge in [-0.1, -0.05) is 30.4 Å². The van der Waals surface area contributed by atoms with Crippen LogP contribution in [0.25, 0.3) is 5.69 Å². The van der Waals surface area contributed by atoms with E-state index in [0.717, 1.165) is 5.01 Å². The molecule has 0 bridgehead atoms. The second kappa shape index (κ2) is 7.89. The first-order valence-electron chi connectivity index (χ1n) is 8.22. The summed E-state index contributed by atoms with van der Waals surface area (Å²) in [5, 5.41) is 21.0. The molecular weight excluding hydrogens is 380 g/mol. The summed E-state index contributed by atoms with van der Waals surface area (Å²) in [5.74, 6) is -1.15. The molecule has 0 aliphatic carbocycles. The maximum absolute atomic E-state index is 12.8. The van der Waals surface area contributed by atoms with Crippen molar-refractivity contribution in [2.45, 2.75) is 13.3 Å². The maximum atomic E-state index is 12.8. The largest absolute Gasteiger partial charge is 0.464 e. The molecule has 3 aromatic rings. The molecule has 142 valence electrons. The van der Waals surface area contributed by atoms with Gasteiger partial charge in [-0.3, -0.25) is 10.1 Å². The lowest BCUT2D eigenvalue weighted by Crippen LogP contribution is -2.17. The first-order chi connectivity index (χ1) is 13.5. The van der Waals surface area contributed by atoms with Gasteiger partial charge < -0.3 is 15.0 Å². The zero-order valence-electron chi connectivity index (χ0n) is 15.1. The maximum Gasteiger partial charge on any atom is 0.357 e. The van der Waals surface area contributed by atoms with E-state index in [1.54, 1.807) is 24.3 Å². The molecule has 0 saturated carbocycles. The Kier molecular flexibility index (Phi) is 5.37. The number of methoxy groups -OCH3 is 1. The average molecular weight is 396 g/mol. The molecule has 3 N–H and O–H groups in total. The molecule has 0 fully saturated rings. The van der Waals surface area contributed by atoms with Crippen LogP contribution in [0.15, 0.2) is 30.5 Å². The van der Waals surface area contributed by atoms with E-state index in [0.29, 0.717) is 17.2 Å². The minimum Gasteiger partial charge on any atom is -0.464 e. The Morgan fingerprint density at radius 3 is 2.75 bits per heavy atom. The van der Waals surface area contributed by atoms with Crippen molar-refractivity contribution >= 4 is 34.0 Å². The second-order valence-corrected chi connectivity index (χ2v) is 6.67. The molecule has 10 heteroatoms. The molecule has 9 nitrogen and oxygen atoms in total. The highest BCUT2D eigenvalue weighted by Gasteiger charge is 2.24. The van der Waals surface area contributed by atoms with Crippen LogP contribution in [0.2, 0.25) is 0 Å². The van der Waals surface area contributed by atoms with Gasteiger partial charge in [0.05, 0.1) is 29.6 Å². The van der Waals surface area contributed by atoms with Gasteiger partial charge >= 0.3 is 5.97 Å². The van der Waals surface area contributed by atoms with Crippen molar-refractivity contribution in [2.24, 2.45) is 0 Å². The number of hydrogen-bond donors (Lipinski definition) is 2. The molecule has 0 spiro atoms. The van der Waals surface area contributed by atoms with Crippen molar-refractivity contribution in [2.75, 3.05) is 18.2 Å². The number of para-hydroxylation sites is 1. The van der Waals surface area contributed by atoms with Crippen molar-refractivity contribution in [3.63, 3.8) is 0 Å². The molecule has 0 atom stereocenters. The van der Waals surface area contributed by atoms with Gasteiger partial charge in [-0.25, -0.2) is 4.79 Å². The summed E-state index contributed by atoms with van der Waals surface area (Å²) < 4.78 is 6.16. The molecule has 3 rings (SSSR count). The van der Waals surface area contributed by atoms with Gasteiger partial charge in [0.2, 0.25) is 5.13 Å². The van der Waals surface area contributed by atoms with Gasteiger partial charge in [-0.2, -0.15) is 5.26 Å². The molecular formula is C18H16N6O3S. The van der Waals surface area contributed by atoms with Gasteiger partial charge in [-0.05, 0) is 18.6 Å². The zero-order chi connectivity index (χ0) is 20.3. The standard InChI is InChI=1S/C18H16N6O3S/c1-3-13-22-23-18(28-13)21-16(25)11-6-4-5-7-12(11)24-9-10(8-19)14(20)15(24)17(26)27-2/h4-7,9H,3,20H2,1-2H3,(H,21,23,25). The molecule has 0 saturated heterocycles. The van der Waals surface area contributed by atoms with Crippen LogP contribution in [0, 0.1) is 11.3 Å². The quantitative estimate of drug-likeness (QED) is 0.632. The summed E-state index contributed by atoms with van der Waals surface area (Å²) in [4.78, 5) is 25.0. The normalized spacial score (nSPS) is 10.3. The second-order valence-electron chi connectivity index (χ2n) is 5.60. The fourth-order valence-corrected chi connectivity index (χ4v) is 3.27. The average Bonchev–Trinajstić information content (AvgIpc) is 3.31. The van der Waals surface area contributed by atoms with E-state index in [9.17, 15) is 14.9 Å². The number of carbonyl (C=O) groups is 2. The van der Waals surface area contributed by atoms with Gasteiger partial charge in [0.25, 0.3) is 5.91 Å². The number of nitrogens with zero attached hydrogens (tertiary/aromatic N) is 4. The molecule has 1 aromatic carbocycles. The first kappa shape index (κ1) is 19.1. The molecule has 28 heavy (non-hydrogen) atoms. The summed E-state index contributed by atoms with van der Waals surface area (Å²) in [6, 6.07) is 8.55. The van der Waals surface area contributed by atoms with Crippen LogP contribution in [0.3, 0.4) is 0 Å². The lowest BCUT2D eigenvalue weighted by atomic mass is 10.1. The van der Waals surface area contributed by atoms with Gasteiger partial charge in [-0.15, -0.1) is 10.2 Å². The highest BCUT2D eigenvalue weighted by molar-refractivity contribution is 7.15. The molecule has 0 radical (unpaired) electrons. The lowest BCUT2D eigenvalue weighted by Gasteiger charge is -2.12. The van der Waals surface area contributed by atoms with Gasteiger partial charge in [0.1, 0.15) is 11.1 Å². The Balaban J connectivity index is 2.07. The Labute approximate surface area is 164 Å². The smallest absolute Gasteiger partial charge is 0.357 e. The third kappa shape index (κ3) is 3.43. The van der Waals surface area contributed by atoms with Crippen molar-refractivity contribution in [3.05, 3.63) is 52.3 Å². The Hall–Kier alpha value is -3.71. The van der Waals surface area contributed by atoms with Crippen molar-refractivity contribution in [3.8, 4) is 11.8 Å². The topological polar surface area (TPSA) is 136 Å². The number of aryl methyl sites for hydroxylation is 1. The van der Waals surface area contributed by atoms with E-state index in [4.69, 9.17) is 10.5 Å². The van der Waals surface area contributed by atoms with Crippen LogP contribution in [-0.4, -0.2) is 33.8 Å². The summed E-state index contributed by atoms with van der Waals surface area (Å²) >= 11 is 1.28. The zero-order valence-corrected chi connectivity index (χ0v) is 15.9. The van der Waals surface area contributed by atoms with Crippen LogP contribution >= 0.6 is 11.3 Å². The number of nitriles is 1. The number of benzene rings is 1. The number of nitrogens with two attached hydrogens (primary N) is 1. The Bertz CT molecular complexity index is 1100. The molecule has 2 heterocycles. The number of nitrogens with one attached hydrogen (secondary N) is 1. The predicted octanol–water partition coefficient (Wildman–Crippen LogP) is 2.38. The van der Waals surface area contributed by atoms with Gasteiger partial charge in [0.15, 0.2) is 5.69 Å². The number of amides is 1. The molecule has 0 aliphatic rings. The van der Waals surface area contributed by atoms with E-state index in [-0.39, 0.29) is 22.5 Å². The van der Waals surface area contributed by atoms with Crippen molar-refractivity contribution < 1.29 is 14.3 Å². The monoisotopic (exact) mass is 396 g/mol. The van der Waals surface area contributed by atoms with E-state index in [2.05, 4.69) is 15.5 Å². The summed E-state index contributed by atoms with van der Waals surface area (Å²) in [6.07, 6.45) is 2.11. The van der Waals surface area contributed by atoms with E-state index < -0.39 is 11.9 Å². The first-order valence-corrected chi connectivity index (χ1v) is 9.04. The predicted molar refractivity (Wildman–Crippen MR) is 103 cm³/mol. The highest BCUT2D eigenvalue weighted by atomic mass is 32.1. The van der Waals surface area contributed by atoms with Crippen molar-refractivity contribution in [1.29, 1.82) is 5.26 Å². The number of carbonyl (C=O) groups excluding carboxylic acids is 2. The van der Waals surface area contributed by atoms with Crippen molar-refractivity contribution in [1.82, 2.24) is 14.8 Å². The van der Waals surface area contributed by atoms with Crippen LogP contribution in [-0.2, 0) is 11.2 Å². The Morgan fingerprint density at radius 1 is 1.36 bits per heavy atom. The van der Waals surface area contributed by atoms with E-state index >= 15 is 0 Å². The van der Waals surface area contributed by atoms with Crippen LogP contribution < -0.4 is 11.1 Å². The highest BCUT2D eigenvalue weighted by Crippen LogP contribution is 2.27.